The number of fused-ring (bicyclic) bond motifs is 3. The molecule has 6 aromatic carbocycles. The molecule has 0 fully saturated rings. The third kappa shape index (κ3) is 30.5. The fourth-order valence-electron chi connectivity index (χ4n) is 15.4. The molecule has 13 amide bonds. The number of amides is 13. The largest absolute Gasteiger partial charge is 0.472 e. The van der Waals surface area contributed by atoms with Crippen molar-refractivity contribution >= 4 is 98.2 Å². The van der Waals surface area contributed by atoms with Gasteiger partial charge in [0.2, 0.25) is 70.9 Å². The van der Waals surface area contributed by atoms with Gasteiger partial charge in [-0.1, -0.05) is 174 Å². The van der Waals surface area contributed by atoms with Gasteiger partial charge in [-0.3, -0.25) is 85.2 Å². The summed E-state index contributed by atoms with van der Waals surface area (Å²) in [7, 11) is -11.0. The lowest BCUT2D eigenvalue weighted by Gasteiger charge is -2.34. The quantitative estimate of drug-likeness (QED) is 0.0123. The van der Waals surface area contributed by atoms with Crippen molar-refractivity contribution < 1.29 is 104 Å². The number of carbonyl (C=O) groups is 14. The number of rotatable bonds is 51. The molecule has 6 aromatic rings. The number of carbonyl (C=O) groups excluding carboxylic acids is 14. The molecule has 130 heavy (non-hydrogen) atoms. The van der Waals surface area contributed by atoms with E-state index in [1.807, 2.05) is 84.9 Å². The van der Waals surface area contributed by atoms with E-state index in [-0.39, 0.29) is 57.3 Å². The van der Waals surface area contributed by atoms with Gasteiger partial charge in [-0.05, 0) is 127 Å². The van der Waals surface area contributed by atoms with Gasteiger partial charge in [0, 0.05) is 107 Å². The fourth-order valence-corrected chi connectivity index (χ4v) is 17.3. The minimum Gasteiger partial charge on any atom is -0.353 e. The molecule has 700 valence electrons. The molecular formula is C93H121N13O22P2. The van der Waals surface area contributed by atoms with E-state index >= 15 is 28.8 Å². The fraction of sp³-hybridized carbons (Fsp3) is 0.462. The Morgan fingerprint density at radius 1 is 0.438 bits per heavy atom. The SMILES string of the molecule is CCCCc1ccc(C(=O)N(Cc2ccccc2)C2c3ccccc3CC2OP(=O)(O)OCC(NC(=O)C(C)(CNC(=O)CNC(=O)CC)CNC(=O)CNC(=O)CC)C(=O)NCCNC(=O)C(COP(=O)(O)OC2Cc3ccccc3C2C(Cc2ccccc2)C(=O)c2ccc3c(c2)CCCC3)NC(=O)C(C)(CNC(=O)CNC(=O)CC)CNC(=O)CNC(=O)CC)cc1. The molecule has 0 heterocycles. The number of benzene rings is 6. The Balaban J connectivity index is 1.01. The number of ketones is 1. The average Bonchev–Trinajstić information content (AvgIpc) is 1.61. The third-order valence-electron chi connectivity index (χ3n) is 23.1. The summed E-state index contributed by atoms with van der Waals surface area (Å²) in [4.78, 5) is 218. The number of phosphoric acid groups is 2. The van der Waals surface area contributed by atoms with Gasteiger partial charge in [-0.15, -0.1) is 0 Å². The highest BCUT2D eigenvalue weighted by Crippen LogP contribution is 2.54. The van der Waals surface area contributed by atoms with E-state index in [0.29, 0.717) is 38.9 Å². The molecule has 0 radical (unpaired) electrons. The minimum atomic E-state index is -5.50. The highest BCUT2D eigenvalue weighted by atomic mass is 31.2. The van der Waals surface area contributed by atoms with E-state index in [4.69, 9.17) is 18.1 Å². The molecule has 3 aliphatic rings. The Hall–Kier alpha value is -11.7. The van der Waals surface area contributed by atoms with Gasteiger partial charge in [0.05, 0.1) is 68.5 Å². The lowest BCUT2D eigenvalue weighted by atomic mass is 9.77. The van der Waals surface area contributed by atoms with Gasteiger partial charge >= 0.3 is 15.6 Å². The maximum absolute atomic E-state index is 15.3. The molecule has 9 atom stereocenters. The highest BCUT2D eigenvalue weighted by Gasteiger charge is 2.48. The van der Waals surface area contributed by atoms with Crippen LogP contribution in [0.1, 0.15) is 183 Å². The summed E-state index contributed by atoms with van der Waals surface area (Å²) < 4.78 is 53.6. The molecule has 37 heteroatoms. The van der Waals surface area contributed by atoms with Crippen molar-refractivity contribution in [3.63, 3.8) is 0 Å². The average molecular weight is 1840 g/mol. The van der Waals surface area contributed by atoms with E-state index in [0.717, 1.165) is 67.2 Å². The van der Waals surface area contributed by atoms with Crippen LogP contribution >= 0.6 is 15.6 Å². The molecule has 0 aliphatic heterocycles. The third-order valence-corrected chi connectivity index (χ3v) is 25.1. The predicted octanol–water partition coefficient (Wildman–Crippen LogP) is 5.72. The van der Waals surface area contributed by atoms with E-state index in [1.54, 1.807) is 94.4 Å². The van der Waals surface area contributed by atoms with Crippen LogP contribution < -0.4 is 63.8 Å². The topological polar surface area (TPSA) is 498 Å². The zero-order valence-electron chi connectivity index (χ0n) is 74.5. The first-order chi connectivity index (χ1) is 62.2. The summed E-state index contributed by atoms with van der Waals surface area (Å²) in [6, 6.07) is 40.2. The summed E-state index contributed by atoms with van der Waals surface area (Å²) in [5, 5.41) is 29.9. The standard InChI is InChI=1S/C93H121N13O22P2/c1-8-13-26-60-37-39-64(40-38-60)89(118)106(53-62-29-18-15-19-30-62)85-70-36-25-23-34-67(70)48-75(85)128-130(123,124)126-55-73(105-91(120)93(7,58-102-82(113)51-98-78(109)11-4)59-103-83(114)52-99-79(110)12-5)88(117)95-44-43-94-87(116)72(104-90(119)92(6,56-100-80(111)49-96-76(107)9-2)57-101-81(112)50-97-77(108)10-3)54-125-129(121,122)127-74-47-66-33-22-24-35-69(66)84(74)71(45-61-27-16-14-17-28-61)86(115)68-42-41-63-31-20-21-32-65(63)46-68/h14-19,22-25,27-30,33-42,46,71-75,84-85H,8-13,20-21,26,31-32,43-45,47-59H2,1-7H3,(H,94,116)(H,95,117)(H,96,107)(H,97,108)(H,98,109)(H,99,110)(H,100,111)(H,101,112)(H,102,113)(H,103,114)(H,104,119)(H,105,120)(H,121,122)(H,123,124). The van der Waals surface area contributed by atoms with Crippen LogP contribution in [0.15, 0.2) is 152 Å². The molecule has 0 aromatic heterocycles. The number of hydrogen-bond acceptors (Lipinski definition) is 20. The zero-order valence-corrected chi connectivity index (χ0v) is 76.3. The lowest BCUT2D eigenvalue weighted by Crippen LogP contribution is -2.59. The smallest absolute Gasteiger partial charge is 0.353 e. The maximum Gasteiger partial charge on any atom is 0.472 e. The number of hydrogen-bond donors (Lipinski definition) is 14. The van der Waals surface area contributed by atoms with Crippen LogP contribution in [0.5, 0.6) is 0 Å². The van der Waals surface area contributed by atoms with Gasteiger partial charge in [0.25, 0.3) is 5.91 Å². The van der Waals surface area contributed by atoms with E-state index in [2.05, 4.69) is 70.7 Å². The van der Waals surface area contributed by atoms with E-state index in [1.165, 1.54) is 18.7 Å². The summed E-state index contributed by atoms with van der Waals surface area (Å²) in [5.41, 5.74) is 4.14. The highest BCUT2D eigenvalue weighted by molar-refractivity contribution is 7.47. The Bertz CT molecular complexity index is 5010. The molecule has 9 rings (SSSR count). The Morgan fingerprint density at radius 2 is 0.846 bits per heavy atom. The van der Waals surface area contributed by atoms with E-state index < -0.39 is 224 Å². The lowest BCUT2D eigenvalue weighted by molar-refractivity contribution is -0.137. The van der Waals surface area contributed by atoms with Gasteiger partial charge < -0.3 is 78.5 Å². The first-order valence-electron chi connectivity index (χ1n) is 44.1. The van der Waals surface area contributed by atoms with Crippen molar-refractivity contribution in [3.8, 4) is 0 Å². The monoisotopic (exact) mass is 1830 g/mol. The molecule has 14 N–H and O–H groups in total. The van der Waals surface area contributed by atoms with Crippen LogP contribution in [-0.2, 0) is 130 Å². The van der Waals surface area contributed by atoms with Crippen molar-refractivity contribution in [1.29, 1.82) is 0 Å². The van der Waals surface area contributed by atoms with E-state index in [9.17, 15) is 57.3 Å². The number of nitrogens with one attached hydrogen (secondary N) is 12. The molecule has 3 aliphatic carbocycles. The zero-order chi connectivity index (χ0) is 94.1. The van der Waals surface area contributed by atoms with Crippen molar-refractivity contribution in [2.75, 3.05) is 78.7 Å². The molecule has 0 saturated heterocycles. The second kappa shape index (κ2) is 49.4. The van der Waals surface area contributed by atoms with Crippen LogP contribution in [0.4, 0.5) is 0 Å². The molecular weight excluding hydrogens is 1710 g/mol. The molecule has 0 spiro atoms. The Morgan fingerprint density at radius 3 is 1.31 bits per heavy atom. The van der Waals surface area contributed by atoms with Crippen molar-refractivity contribution in [3.05, 3.63) is 213 Å². The van der Waals surface area contributed by atoms with Crippen LogP contribution in [0.3, 0.4) is 0 Å². The number of aryl methyl sites for hydroxylation is 3. The number of phosphoric ester groups is 2. The predicted molar refractivity (Wildman–Crippen MR) is 481 cm³/mol. The van der Waals surface area contributed by atoms with Gasteiger partial charge in [0.15, 0.2) is 5.78 Å². The first-order valence-corrected chi connectivity index (χ1v) is 47.1. The van der Waals surface area contributed by atoms with Gasteiger partial charge in [-0.25, -0.2) is 9.13 Å². The van der Waals surface area contributed by atoms with Crippen LogP contribution in [0.2, 0.25) is 0 Å². The second-order valence-electron chi connectivity index (χ2n) is 33.0. The summed E-state index contributed by atoms with van der Waals surface area (Å²) in [5.74, 6) is -12.2. The Kier molecular flexibility index (Phi) is 38.8. The van der Waals surface area contributed by atoms with Gasteiger partial charge in [-0.2, -0.15) is 0 Å². The van der Waals surface area contributed by atoms with Crippen molar-refractivity contribution in [2.24, 2.45) is 16.7 Å². The molecule has 9 unspecified atom stereocenters. The van der Waals surface area contributed by atoms with Gasteiger partial charge in [0.1, 0.15) is 12.1 Å². The van der Waals surface area contributed by atoms with Crippen LogP contribution in [0, 0.1) is 16.7 Å². The normalized spacial score (nSPS) is 16.5. The molecule has 0 saturated carbocycles. The summed E-state index contributed by atoms with van der Waals surface area (Å²) in [6.07, 6.45) is 3.90. The number of nitrogens with zero attached hydrogens (tertiary/aromatic N) is 1. The first kappa shape index (κ1) is 102. The summed E-state index contributed by atoms with van der Waals surface area (Å²) >= 11 is 0. The molecule has 0 bridgehead atoms. The molecule has 35 nitrogen and oxygen atoms in total. The van der Waals surface area contributed by atoms with Crippen molar-refractivity contribution in [1.82, 2.24) is 68.7 Å². The van der Waals surface area contributed by atoms with Crippen molar-refractivity contribution in [2.45, 2.75) is 181 Å². The second-order valence-corrected chi connectivity index (χ2v) is 35.9. The number of Topliss-reactive ketones (excluding diaryl/α,β-unsaturated/α-hetero) is 1. The maximum atomic E-state index is 15.3. The van der Waals surface area contributed by atoms with Crippen LogP contribution in [0.25, 0.3) is 0 Å². The number of unbranched alkanes of at least 4 members (excludes halogenated alkanes) is 1. The van der Waals surface area contributed by atoms with Crippen LogP contribution in [-0.4, -0.2) is 200 Å². The Labute approximate surface area is 756 Å². The minimum absolute atomic E-state index is 0.00672. The summed E-state index contributed by atoms with van der Waals surface area (Å²) in [6.45, 7) is 2.58.